The standard InChI is InChI=1S/C14H19N3O/c1-17-9-14(18)16-12-3-2-11(8-13(12)17)10-4-6-15-7-5-10/h2-3,8,10,15H,4-7,9H2,1H3,(H,16,18). The summed E-state index contributed by atoms with van der Waals surface area (Å²) in [6.45, 7) is 2.66. The molecule has 0 radical (unpaired) electrons. The molecule has 2 aliphatic heterocycles. The maximum Gasteiger partial charge on any atom is 0.243 e. The van der Waals surface area contributed by atoms with Crippen molar-refractivity contribution in [2.24, 2.45) is 0 Å². The number of carbonyl (C=O) groups excluding carboxylic acids is 1. The van der Waals surface area contributed by atoms with Crippen molar-refractivity contribution in [3.05, 3.63) is 23.8 Å². The number of hydrogen-bond acceptors (Lipinski definition) is 3. The molecular weight excluding hydrogens is 226 g/mol. The number of nitrogens with one attached hydrogen (secondary N) is 2. The van der Waals surface area contributed by atoms with Gasteiger partial charge in [-0.3, -0.25) is 4.79 Å². The number of carbonyl (C=O) groups is 1. The van der Waals surface area contributed by atoms with Crippen LogP contribution in [0.15, 0.2) is 18.2 Å². The van der Waals surface area contributed by atoms with E-state index in [0.717, 1.165) is 24.5 Å². The molecule has 0 atom stereocenters. The lowest BCUT2D eigenvalue weighted by Gasteiger charge is -2.30. The van der Waals surface area contributed by atoms with Gasteiger partial charge in [0.05, 0.1) is 17.9 Å². The number of amides is 1. The second-order valence-electron chi connectivity index (χ2n) is 5.21. The number of fused-ring (bicyclic) bond motifs is 1. The minimum Gasteiger partial charge on any atom is -0.364 e. The number of benzene rings is 1. The van der Waals surface area contributed by atoms with Crippen molar-refractivity contribution in [1.82, 2.24) is 5.32 Å². The van der Waals surface area contributed by atoms with Gasteiger partial charge in [-0.1, -0.05) is 6.07 Å². The van der Waals surface area contributed by atoms with Gasteiger partial charge in [-0.2, -0.15) is 0 Å². The first-order valence-corrected chi connectivity index (χ1v) is 6.60. The smallest absolute Gasteiger partial charge is 0.243 e. The Morgan fingerprint density at radius 2 is 2.06 bits per heavy atom. The molecule has 3 rings (SSSR count). The van der Waals surface area contributed by atoms with E-state index in [2.05, 4.69) is 22.8 Å². The summed E-state index contributed by atoms with van der Waals surface area (Å²) in [6, 6.07) is 6.44. The van der Waals surface area contributed by atoms with E-state index in [1.165, 1.54) is 18.4 Å². The minimum absolute atomic E-state index is 0.0691. The van der Waals surface area contributed by atoms with Gasteiger partial charge in [-0.05, 0) is 49.5 Å². The van der Waals surface area contributed by atoms with Crippen LogP contribution in [0.25, 0.3) is 0 Å². The summed E-state index contributed by atoms with van der Waals surface area (Å²) in [7, 11) is 1.98. The second-order valence-corrected chi connectivity index (χ2v) is 5.21. The van der Waals surface area contributed by atoms with Gasteiger partial charge in [-0.15, -0.1) is 0 Å². The molecule has 0 spiro atoms. The number of piperidine rings is 1. The summed E-state index contributed by atoms with van der Waals surface area (Å²) >= 11 is 0. The zero-order valence-corrected chi connectivity index (χ0v) is 10.7. The number of likely N-dealkylation sites (N-methyl/N-ethyl adjacent to an activating group) is 1. The summed E-state index contributed by atoms with van der Waals surface area (Å²) in [5.41, 5.74) is 3.48. The van der Waals surface area contributed by atoms with Gasteiger partial charge in [0.2, 0.25) is 5.91 Å². The molecule has 1 aromatic carbocycles. The largest absolute Gasteiger partial charge is 0.364 e. The van der Waals surface area contributed by atoms with E-state index >= 15 is 0 Å². The molecule has 2 aliphatic rings. The van der Waals surface area contributed by atoms with Crippen molar-refractivity contribution in [1.29, 1.82) is 0 Å². The third-order valence-electron chi connectivity index (χ3n) is 3.90. The van der Waals surface area contributed by atoms with Crippen molar-refractivity contribution in [2.75, 3.05) is 36.9 Å². The number of anilines is 2. The Morgan fingerprint density at radius 1 is 1.28 bits per heavy atom. The summed E-state index contributed by atoms with van der Waals surface area (Å²) in [5, 5.41) is 6.32. The third-order valence-corrected chi connectivity index (χ3v) is 3.90. The second kappa shape index (κ2) is 4.61. The molecule has 0 saturated carbocycles. The Kier molecular flexibility index (Phi) is 2.96. The Bertz CT molecular complexity index is 466. The first-order valence-electron chi connectivity index (χ1n) is 6.60. The van der Waals surface area contributed by atoms with Crippen LogP contribution in [0.2, 0.25) is 0 Å². The molecule has 18 heavy (non-hydrogen) atoms. The average molecular weight is 245 g/mol. The fraction of sp³-hybridized carbons (Fsp3) is 0.500. The van der Waals surface area contributed by atoms with Crippen LogP contribution in [0.5, 0.6) is 0 Å². The van der Waals surface area contributed by atoms with Crippen LogP contribution in [-0.2, 0) is 4.79 Å². The first-order chi connectivity index (χ1) is 8.74. The highest BCUT2D eigenvalue weighted by atomic mass is 16.2. The summed E-state index contributed by atoms with van der Waals surface area (Å²) in [4.78, 5) is 13.5. The molecule has 0 aliphatic carbocycles. The fourth-order valence-corrected chi connectivity index (χ4v) is 2.87. The lowest BCUT2D eigenvalue weighted by molar-refractivity contribution is -0.115. The average Bonchev–Trinajstić information content (AvgIpc) is 2.39. The molecule has 1 aromatic rings. The first kappa shape index (κ1) is 11.5. The monoisotopic (exact) mass is 245 g/mol. The van der Waals surface area contributed by atoms with Crippen LogP contribution in [-0.4, -0.2) is 32.6 Å². The molecule has 1 amide bonds. The van der Waals surface area contributed by atoms with Gasteiger partial charge in [0.25, 0.3) is 0 Å². The van der Waals surface area contributed by atoms with Crippen LogP contribution in [0.1, 0.15) is 24.3 Å². The highest BCUT2D eigenvalue weighted by Crippen LogP contribution is 2.34. The highest BCUT2D eigenvalue weighted by Gasteiger charge is 2.21. The van der Waals surface area contributed by atoms with Crippen LogP contribution < -0.4 is 15.5 Å². The van der Waals surface area contributed by atoms with Crippen molar-refractivity contribution >= 4 is 17.3 Å². The van der Waals surface area contributed by atoms with Crippen LogP contribution in [0.4, 0.5) is 11.4 Å². The van der Waals surface area contributed by atoms with E-state index in [1.807, 2.05) is 18.0 Å². The van der Waals surface area contributed by atoms with Gasteiger partial charge >= 0.3 is 0 Å². The molecule has 1 saturated heterocycles. The van der Waals surface area contributed by atoms with E-state index in [1.54, 1.807) is 0 Å². The van der Waals surface area contributed by atoms with E-state index in [4.69, 9.17) is 0 Å². The van der Waals surface area contributed by atoms with Gasteiger partial charge < -0.3 is 15.5 Å². The minimum atomic E-state index is 0.0691. The molecular formula is C14H19N3O. The SMILES string of the molecule is CN1CC(=O)Nc2ccc(C3CCNCC3)cc21. The van der Waals surface area contributed by atoms with Crippen molar-refractivity contribution in [3.63, 3.8) is 0 Å². The quantitative estimate of drug-likeness (QED) is 0.789. The van der Waals surface area contributed by atoms with E-state index in [-0.39, 0.29) is 5.91 Å². The Balaban J connectivity index is 1.90. The third kappa shape index (κ3) is 2.08. The fourth-order valence-electron chi connectivity index (χ4n) is 2.87. The summed E-state index contributed by atoms with van der Waals surface area (Å²) < 4.78 is 0. The zero-order valence-electron chi connectivity index (χ0n) is 10.7. The molecule has 1 fully saturated rings. The molecule has 0 unspecified atom stereocenters. The summed E-state index contributed by atoms with van der Waals surface area (Å²) in [6.07, 6.45) is 2.41. The number of rotatable bonds is 1. The van der Waals surface area contributed by atoms with Gasteiger partial charge in [0.15, 0.2) is 0 Å². The molecule has 4 heteroatoms. The van der Waals surface area contributed by atoms with Crippen LogP contribution in [0, 0.1) is 0 Å². The summed E-state index contributed by atoms with van der Waals surface area (Å²) in [5.74, 6) is 0.724. The number of nitrogens with zero attached hydrogens (tertiary/aromatic N) is 1. The van der Waals surface area contributed by atoms with Gasteiger partial charge in [0, 0.05) is 7.05 Å². The normalized spacial score (nSPS) is 20.5. The lowest BCUT2D eigenvalue weighted by Crippen LogP contribution is -2.35. The Labute approximate surface area is 107 Å². The van der Waals surface area contributed by atoms with Crippen molar-refractivity contribution < 1.29 is 4.79 Å². The topological polar surface area (TPSA) is 44.4 Å². The molecule has 2 heterocycles. The van der Waals surface area contributed by atoms with E-state index in [0.29, 0.717) is 12.5 Å². The van der Waals surface area contributed by atoms with Gasteiger partial charge in [0.1, 0.15) is 0 Å². The van der Waals surface area contributed by atoms with Crippen molar-refractivity contribution in [2.45, 2.75) is 18.8 Å². The zero-order chi connectivity index (χ0) is 12.5. The molecule has 2 N–H and O–H groups in total. The maximum atomic E-state index is 11.5. The van der Waals surface area contributed by atoms with E-state index in [9.17, 15) is 4.79 Å². The Morgan fingerprint density at radius 3 is 2.83 bits per heavy atom. The molecule has 0 aromatic heterocycles. The predicted molar refractivity (Wildman–Crippen MR) is 73.2 cm³/mol. The Hall–Kier alpha value is -1.55. The molecule has 0 bridgehead atoms. The van der Waals surface area contributed by atoms with E-state index < -0.39 is 0 Å². The molecule has 96 valence electrons. The van der Waals surface area contributed by atoms with Crippen LogP contribution >= 0.6 is 0 Å². The maximum absolute atomic E-state index is 11.5. The van der Waals surface area contributed by atoms with Crippen LogP contribution in [0.3, 0.4) is 0 Å². The number of hydrogen-bond donors (Lipinski definition) is 2. The van der Waals surface area contributed by atoms with Crippen molar-refractivity contribution in [3.8, 4) is 0 Å². The highest BCUT2D eigenvalue weighted by molar-refractivity contribution is 6.01. The predicted octanol–water partition coefficient (Wildman–Crippen LogP) is 1.54. The lowest BCUT2D eigenvalue weighted by atomic mass is 9.89. The molecule has 4 nitrogen and oxygen atoms in total. The van der Waals surface area contributed by atoms with Gasteiger partial charge in [-0.25, -0.2) is 0 Å².